The minimum absolute atomic E-state index is 0.0868. The van der Waals surface area contributed by atoms with E-state index in [0.717, 1.165) is 11.6 Å². The number of nitrogens with zero attached hydrogens (tertiary/aromatic N) is 2. The number of amides is 1. The molecule has 0 bridgehead atoms. The van der Waals surface area contributed by atoms with Crippen LogP contribution in [0.1, 0.15) is 35.2 Å². The molecular weight excluding hydrogens is 423 g/mol. The van der Waals surface area contributed by atoms with Gasteiger partial charge in [0.25, 0.3) is 11.7 Å². The number of ketones is 1. The summed E-state index contributed by atoms with van der Waals surface area (Å²) in [6, 6.07) is 13.9. The number of benzene rings is 2. The lowest BCUT2D eigenvalue weighted by Crippen LogP contribution is -2.29. The quantitative estimate of drug-likeness (QED) is 0.341. The summed E-state index contributed by atoms with van der Waals surface area (Å²) in [4.78, 5) is 31.6. The van der Waals surface area contributed by atoms with Crippen LogP contribution in [0.15, 0.2) is 72.6 Å². The number of carbonyl (C=O) groups excluding carboxylic acids is 2. The number of aryl methyl sites for hydroxylation is 1. The zero-order valence-corrected chi connectivity index (χ0v) is 18.3. The molecule has 0 saturated carbocycles. The highest BCUT2D eigenvalue weighted by atomic mass is 19.1. The Kier molecular flexibility index (Phi) is 6.22. The Labute approximate surface area is 191 Å². The zero-order chi connectivity index (χ0) is 23.5. The third-order valence-electron chi connectivity index (χ3n) is 5.57. The molecule has 2 aromatic carbocycles. The fraction of sp³-hybridized carbons (Fsp3) is 0.192. The molecular formula is C26H23FN2O4. The Morgan fingerprint density at radius 1 is 1.15 bits per heavy atom. The first-order chi connectivity index (χ1) is 15.9. The van der Waals surface area contributed by atoms with Gasteiger partial charge in [0, 0.05) is 24.5 Å². The minimum atomic E-state index is -0.856. The summed E-state index contributed by atoms with van der Waals surface area (Å²) in [5.74, 6) is -1.85. The molecule has 1 atom stereocenters. The predicted molar refractivity (Wildman–Crippen MR) is 121 cm³/mol. The maximum absolute atomic E-state index is 14.2. The number of aliphatic hydroxyl groups is 1. The average Bonchev–Trinajstić information content (AvgIpc) is 3.07. The lowest BCUT2D eigenvalue weighted by molar-refractivity contribution is -0.140. The van der Waals surface area contributed by atoms with Crippen LogP contribution in [0, 0.1) is 12.7 Å². The first kappa shape index (κ1) is 22.2. The molecule has 1 fully saturated rings. The van der Waals surface area contributed by atoms with E-state index in [0.29, 0.717) is 23.5 Å². The van der Waals surface area contributed by atoms with Crippen molar-refractivity contribution in [2.75, 3.05) is 6.61 Å². The van der Waals surface area contributed by atoms with Gasteiger partial charge in [0.05, 0.1) is 18.2 Å². The van der Waals surface area contributed by atoms with Gasteiger partial charge < -0.3 is 14.7 Å². The smallest absolute Gasteiger partial charge is 0.295 e. The molecule has 1 aliphatic rings. The van der Waals surface area contributed by atoms with Crippen LogP contribution in [0.4, 0.5) is 4.39 Å². The van der Waals surface area contributed by atoms with E-state index in [4.69, 9.17) is 4.74 Å². The van der Waals surface area contributed by atoms with E-state index >= 15 is 0 Å². The second-order valence-electron chi connectivity index (χ2n) is 7.75. The number of Topliss-reactive ketones (excluding diaryl/α,β-unsaturated/α-hetero) is 1. The summed E-state index contributed by atoms with van der Waals surface area (Å²) < 4.78 is 19.7. The van der Waals surface area contributed by atoms with Crippen molar-refractivity contribution in [2.24, 2.45) is 0 Å². The largest absolute Gasteiger partial charge is 0.507 e. The number of likely N-dealkylation sites (tertiary alicyclic amines) is 1. The fourth-order valence-corrected chi connectivity index (χ4v) is 3.89. The first-order valence-corrected chi connectivity index (χ1v) is 10.6. The van der Waals surface area contributed by atoms with Crippen molar-refractivity contribution in [1.29, 1.82) is 0 Å². The molecule has 33 heavy (non-hydrogen) atoms. The molecule has 0 spiro atoms. The van der Waals surface area contributed by atoms with Crippen LogP contribution in [-0.2, 0) is 16.1 Å². The summed E-state index contributed by atoms with van der Waals surface area (Å²) in [5, 5.41) is 11.1. The van der Waals surface area contributed by atoms with Crippen molar-refractivity contribution in [3.63, 3.8) is 0 Å². The molecule has 0 aliphatic carbocycles. The molecule has 1 aliphatic heterocycles. The van der Waals surface area contributed by atoms with Gasteiger partial charge in [-0.25, -0.2) is 4.39 Å². The van der Waals surface area contributed by atoms with Crippen LogP contribution in [0.25, 0.3) is 5.76 Å². The molecule has 4 rings (SSSR count). The van der Waals surface area contributed by atoms with Gasteiger partial charge >= 0.3 is 0 Å². The normalized spacial score (nSPS) is 17.4. The highest BCUT2D eigenvalue weighted by Crippen LogP contribution is 2.40. The summed E-state index contributed by atoms with van der Waals surface area (Å²) in [6.45, 7) is 4.09. The van der Waals surface area contributed by atoms with Crippen molar-refractivity contribution >= 4 is 17.4 Å². The number of hydrogen-bond acceptors (Lipinski definition) is 5. The Balaban J connectivity index is 1.84. The molecule has 168 valence electrons. The lowest BCUT2D eigenvalue weighted by Gasteiger charge is -2.25. The van der Waals surface area contributed by atoms with Crippen molar-refractivity contribution < 1.29 is 23.8 Å². The zero-order valence-electron chi connectivity index (χ0n) is 18.3. The van der Waals surface area contributed by atoms with Gasteiger partial charge in [-0.05, 0) is 54.8 Å². The number of ether oxygens (including phenoxy) is 1. The Bertz CT molecular complexity index is 1220. The van der Waals surface area contributed by atoms with E-state index < -0.39 is 29.3 Å². The molecule has 1 amide bonds. The minimum Gasteiger partial charge on any atom is -0.507 e. The number of aromatic nitrogens is 1. The van der Waals surface area contributed by atoms with E-state index in [1.807, 2.05) is 6.92 Å². The highest BCUT2D eigenvalue weighted by molar-refractivity contribution is 6.46. The monoisotopic (exact) mass is 446 g/mol. The number of carbonyl (C=O) groups is 2. The summed E-state index contributed by atoms with van der Waals surface area (Å²) in [5.41, 5.74) is 1.81. The third-order valence-corrected chi connectivity index (χ3v) is 5.57. The fourth-order valence-electron chi connectivity index (χ4n) is 3.89. The molecule has 1 unspecified atom stereocenters. The van der Waals surface area contributed by atoms with E-state index in [1.54, 1.807) is 55.7 Å². The van der Waals surface area contributed by atoms with Gasteiger partial charge in [-0.15, -0.1) is 0 Å². The third kappa shape index (κ3) is 4.35. The van der Waals surface area contributed by atoms with Crippen LogP contribution in [0.2, 0.25) is 0 Å². The van der Waals surface area contributed by atoms with Gasteiger partial charge in [0.15, 0.2) is 0 Å². The summed E-state index contributed by atoms with van der Waals surface area (Å²) in [7, 11) is 0. The van der Waals surface area contributed by atoms with E-state index in [2.05, 4.69) is 4.98 Å². The Morgan fingerprint density at radius 2 is 1.91 bits per heavy atom. The molecule has 3 aromatic rings. The second-order valence-corrected chi connectivity index (χ2v) is 7.75. The van der Waals surface area contributed by atoms with Gasteiger partial charge in [0.2, 0.25) is 0 Å². The maximum atomic E-state index is 14.2. The standard InChI is InChI=1S/C26H23FN2O4/c1-3-33-20-10-8-18(9-11-20)23-22(24(30)19-7-6-16(2)21(27)13-19)25(31)26(32)29(23)15-17-5-4-12-28-14-17/h4-14,23,30H,3,15H2,1-2H3/b24-22-. The van der Waals surface area contributed by atoms with E-state index in [9.17, 15) is 19.1 Å². The predicted octanol–water partition coefficient (Wildman–Crippen LogP) is 4.55. The van der Waals surface area contributed by atoms with Crippen molar-refractivity contribution in [1.82, 2.24) is 9.88 Å². The maximum Gasteiger partial charge on any atom is 0.295 e. The van der Waals surface area contributed by atoms with Crippen LogP contribution < -0.4 is 4.74 Å². The first-order valence-electron chi connectivity index (χ1n) is 10.6. The molecule has 7 heteroatoms. The van der Waals surface area contributed by atoms with Crippen LogP contribution >= 0.6 is 0 Å². The van der Waals surface area contributed by atoms with Crippen LogP contribution in [0.5, 0.6) is 5.75 Å². The molecule has 1 aromatic heterocycles. The molecule has 2 heterocycles. The van der Waals surface area contributed by atoms with E-state index in [1.165, 1.54) is 17.0 Å². The Hall–Kier alpha value is -4.00. The number of hydrogen-bond donors (Lipinski definition) is 1. The lowest BCUT2D eigenvalue weighted by atomic mass is 9.94. The van der Waals surface area contributed by atoms with Crippen molar-refractivity contribution in [2.45, 2.75) is 26.4 Å². The summed E-state index contributed by atoms with van der Waals surface area (Å²) in [6.07, 6.45) is 3.23. The molecule has 1 N–H and O–H groups in total. The van der Waals surface area contributed by atoms with E-state index in [-0.39, 0.29) is 17.7 Å². The number of pyridine rings is 1. The van der Waals surface area contributed by atoms with Gasteiger partial charge in [-0.1, -0.05) is 30.3 Å². The SMILES string of the molecule is CCOc1ccc(C2/C(=C(/O)c3ccc(C)c(F)c3)C(=O)C(=O)N2Cc2cccnc2)cc1. The highest BCUT2D eigenvalue weighted by Gasteiger charge is 2.46. The molecule has 1 saturated heterocycles. The van der Waals surface area contributed by atoms with Gasteiger partial charge in [-0.2, -0.15) is 0 Å². The number of aliphatic hydroxyl groups excluding tert-OH is 1. The summed E-state index contributed by atoms with van der Waals surface area (Å²) >= 11 is 0. The van der Waals surface area contributed by atoms with Crippen LogP contribution in [-0.4, -0.2) is 33.3 Å². The molecule has 6 nitrogen and oxygen atoms in total. The number of rotatable bonds is 6. The van der Waals surface area contributed by atoms with Gasteiger partial charge in [0.1, 0.15) is 17.3 Å². The van der Waals surface area contributed by atoms with Crippen molar-refractivity contribution in [3.05, 3.63) is 101 Å². The molecule has 0 radical (unpaired) electrons. The van der Waals surface area contributed by atoms with Gasteiger partial charge in [-0.3, -0.25) is 14.6 Å². The Morgan fingerprint density at radius 3 is 2.55 bits per heavy atom. The second kappa shape index (κ2) is 9.24. The average molecular weight is 446 g/mol. The van der Waals surface area contributed by atoms with Crippen molar-refractivity contribution in [3.8, 4) is 5.75 Å². The van der Waals surface area contributed by atoms with Crippen LogP contribution in [0.3, 0.4) is 0 Å². The number of halogens is 1. The topological polar surface area (TPSA) is 79.7 Å².